The van der Waals surface area contributed by atoms with E-state index < -0.39 is 5.82 Å². The maximum atomic E-state index is 14.3. The number of amides is 1. The number of rotatable bonds is 6. The number of nitrogens with zero attached hydrogens (tertiary/aromatic N) is 2. The highest BCUT2D eigenvalue weighted by atomic mass is 19.1. The van der Waals surface area contributed by atoms with E-state index in [2.05, 4.69) is 0 Å². The summed E-state index contributed by atoms with van der Waals surface area (Å²) in [6.45, 7) is 5.96. The summed E-state index contributed by atoms with van der Waals surface area (Å²) in [4.78, 5) is 27.4. The number of benzene rings is 2. The number of hydrogen-bond donors (Lipinski definition) is 0. The van der Waals surface area contributed by atoms with Crippen molar-refractivity contribution in [2.75, 3.05) is 37.7 Å². The van der Waals surface area contributed by atoms with Gasteiger partial charge in [0.2, 0.25) is 5.91 Å². The van der Waals surface area contributed by atoms with Crippen molar-refractivity contribution in [1.29, 1.82) is 0 Å². The number of piperazine rings is 1. The Morgan fingerprint density at radius 2 is 1.71 bits per heavy atom. The molecule has 2 aromatic carbocycles. The van der Waals surface area contributed by atoms with E-state index in [9.17, 15) is 14.0 Å². The molecule has 2 aromatic rings. The van der Waals surface area contributed by atoms with Crippen molar-refractivity contribution in [3.05, 3.63) is 59.4 Å². The summed E-state index contributed by atoms with van der Waals surface area (Å²) in [5.41, 5.74) is 2.00. The zero-order chi connectivity index (χ0) is 20.1. The van der Waals surface area contributed by atoms with Crippen LogP contribution in [-0.2, 0) is 4.79 Å². The van der Waals surface area contributed by atoms with Gasteiger partial charge in [0.1, 0.15) is 11.6 Å². The third kappa shape index (κ3) is 4.88. The fourth-order valence-electron chi connectivity index (χ4n) is 3.23. The van der Waals surface area contributed by atoms with Crippen LogP contribution < -0.4 is 9.64 Å². The molecule has 0 spiro atoms. The van der Waals surface area contributed by atoms with E-state index in [1.165, 1.54) is 13.0 Å². The largest absolute Gasteiger partial charge is 0.493 e. The van der Waals surface area contributed by atoms with E-state index in [1.54, 1.807) is 17.0 Å². The zero-order valence-corrected chi connectivity index (χ0v) is 16.3. The average molecular weight is 384 g/mol. The summed E-state index contributed by atoms with van der Waals surface area (Å²) >= 11 is 0. The van der Waals surface area contributed by atoms with Crippen molar-refractivity contribution in [1.82, 2.24) is 4.90 Å². The van der Waals surface area contributed by atoms with Crippen LogP contribution in [0.4, 0.5) is 10.1 Å². The fraction of sp³-hybridized carbons (Fsp3) is 0.364. The summed E-state index contributed by atoms with van der Waals surface area (Å²) in [7, 11) is 0. The lowest BCUT2D eigenvalue weighted by Crippen LogP contribution is -2.49. The Balaban J connectivity index is 1.47. The highest BCUT2D eigenvalue weighted by Gasteiger charge is 2.23. The van der Waals surface area contributed by atoms with Gasteiger partial charge in [-0.3, -0.25) is 9.59 Å². The van der Waals surface area contributed by atoms with Crippen molar-refractivity contribution in [3.63, 3.8) is 0 Å². The Labute approximate surface area is 164 Å². The molecule has 0 radical (unpaired) electrons. The number of anilines is 1. The minimum atomic E-state index is -0.404. The van der Waals surface area contributed by atoms with Crippen LogP contribution in [-0.4, -0.2) is 49.4 Å². The molecule has 1 fully saturated rings. The first kappa shape index (κ1) is 19.9. The quantitative estimate of drug-likeness (QED) is 0.716. The van der Waals surface area contributed by atoms with E-state index in [-0.39, 0.29) is 11.7 Å². The van der Waals surface area contributed by atoms with Crippen LogP contribution in [0.3, 0.4) is 0 Å². The first-order valence-electron chi connectivity index (χ1n) is 9.47. The first-order chi connectivity index (χ1) is 13.4. The van der Waals surface area contributed by atoms with Crippen molar-refractivity contribution in [2.45, 2.75) is 20.3 Å². The third-order valence-electron chi connectivity index (χ3n) is 4.93. The molecule has 0 saturated carbocycles. The second-order valence-electron chi connectivity index (χ2n) is 7.00. The van der Waals surface area contributed by atoms with Gasteiger partial charge in [-0.2, -0.15) is 0 Å². The summed E-state index contributed by atoms with van der Waals surface area (Å²) in [6, 6.07) is 12.3. The highest BCUT2D eigenvalue weighted by Crippen LogP contribution is 2.22. The lowest BCUT2D eigenvalue weighted by molar-refractivity contribution is -0.132. The first-order valence-corrected chi connectivity index (χ1v) is 9.47. The fourth-order valence-corrected chi connectivity index (χ4v) is 3.23. The van der Waals surface area contributed by atoms with Gasteiger partial charge in [0.25, 0.3) is 0 Å². The minimum absolute atomic E-state index is 0.0409. The number of ketones is 1. The van der Waals surface area contributed by atoms with Gasteiger partial charge in [-0.05, 0) is 44.2 Å². The van der Waals surface area contributed by atoms with Crippen LogP contribution in [0.1, 0.15) is 29.3 Å². The molecular weight excluding hydrogens is 359 g/mol. The van der Waals surface area contributed by atoms with E-state index in [0.29, 0.717) is 50.5 Å². The van der Waals surface area contributed by atoms with Crippen molar-refractivity contribution in [3.8, 4) is 5.75 Å². The predicted molar refractivity (Wildman–Crippen MR) is 106 cm³/mol. The van der Waals surface area contributed by atoms with E-state index in [4.69, 9.17) is 4.74 Å². The molecule has 148 valence electrons. The van der Waals surface area contributed by atoms with Crippen LogP contribution in [0.5, 0.6) is 5.75 Å². The Bertz CT molecular complexity index is 843. The van der Waals surface area contributed by atoms with Gasteiger partial charge in [-0.1, -0.05) is 17.7 Å². The number of halogens is 1. The summed E-state index contributed by atoms with van der Waals surface area (Å²) in [5, 5.41) is 0. The lowest BCUT2D eigenvalue weighted by Gasteiger charge is -2.36. The zero-order valence-electron chi connectivity index (χ0n) is 16.3. The molecule has 1 amide bonds. The standard InChI is InChI=1S/C22H25FN2O3/c1-16-3-6-19(7-4-16)28-14-9-22(27)25-12-10-24(11-13-25)21-8-5-18(17(2)26)15-20(21)23/h3-8,15H,9-14H2,1-2H3. The van der Waals surface area contributed by atoms with Crippen molar-refractivity contribution in [2.24, 2.45) is 0 Å². The topological polar surface area (TPSA) is 49.9 Å². The molecule has 0 aliphatic carbocycles. The molecule has 0 unspecified atom stereocenters. The second kappa shape index (κ2) is 8.87. The van der Waals surface area contributed by atoms with Gasteiger partial charge >= 0.3 is 0 Å². The maximum Gasteiger partial charge on any atom is 0.226 e. The van der Waals surface area contributed by atoms with Gasteiger partial charge in [-0.15, -0.1) is 0 Å². The van der Waals surface area contributed by atoms with Gasteiger partial charge in [0.15, 0.2) is 5.78 Å². The molecular formula is C22H25FN2O3. The number of aryl methyl sites for hydroxylation is 1. The van der Waals surface area contributed by atoms with Gasteiger partial charge in [-0.25, -0.2) is 4.39 Å². The monoisotopic (exact) mass is 384 g/mol. The van der Waals surface area contributed by atoms with Crippen LogP contribution in [0.15, 0.2) is 42.5 Å². The van der Waals surface area contributed by atoms with E-state index in [0.717, 1.165) is 11.3 Å². The number of carbonyl (C=O) groups is 2. The summed E-state index contributed by atoms with van der Waals surface area (Å²) < 4.78 is 19.9. The molecule has 5 nitrogen and oxygen atoms in total. The van der Waals surface area contributed by atoms with Gasteiger partial charge in [0.05, 0.1) is 18.7 Å². The van der Waals surface area contributed by atoms with E-state index >= 15 is 0 Å². The summed E-state index contributed by atoms with van der Waals surface area (Å²) in [6.07, 6.45) is 0.315. The molecule has 1 saturated heterocycles. The smallest absolute Gasteiger partial charge is 0.226 e. The molecule has 0 aromatic heterocycles. The van der Waals surface area contributed by atoms with Gasteiger partial charge in [0, 0.05) is 31.7 Å². The lowest BCUT2D eigenvalue weighted by atomic mass is 10.1. The van der Waals surface area contributed by atoms with Crippen LogP contribution >= 0.6 is 0 Å². The molecule has 0 atom stereocenters. The van der Waals surface area contributed by atoms with Crippen LogP contribution in [0, 0.1) is 12.7 Å². The van der Waals surface area contributed by atoms with Crippen molar-refractivity contribution >= 4 is 17.4 Å². The normalized spacial score (nSPS) is 14.1. The summed E-state index contributed by atoms with van der Waals surface area (Å²) in [5.74, 6) is 0.236. The molecule has 1 heterocycles. The number of Topliss-reactive ketones (excluding diaryl/α,β-unsaturated/α-hetero) is 1. The van der Waals surface area contributed by atoms with Gasteiger partial charge < -0.3 is 14.5 Å². The molecule has 3 rings (SSSR count). The Morgan fingerprint density at radius 3 is 2.32 bits per heavy atom. The Morgan fingerprint density at radius 1 is 1.04 bits per heavy atom. The molecule has 28 heavy (non-hydrogen) atoms. The maximum absolute atomic E-state index is 14.3. The van der Waals surface area contributed by atoms with Crippen LogP contribution in [0.25, 0.3) is 0 Å². The molecule has 1 aliphatic rings. The Hall–Kier alpha value is -2.89. The molecule has 0 bridgehead atoms. The van der Waals surface area contributed by atoms with Crippen LogP contribution in [0.2, 0.25) is 0 Å². The number of carbonyl (C=O) groups excluding carboxylic acids is 2. The second-order valence-corrected chi connectivity index (χ2v) is 7.00. The highest BCUT2D eigenvalue weighted by molar-refractivity contribution is 5.94. The molecule has 1 aliphatic heterocycles. The van der Waals surface area contributed by atoms with Crippen molar-refractivity contribution < 1.29 is 18.7 Å². The predicted octanol–water partition coefficient (Wildman–Crippen LogP) is 3.45. The number of hydrogen-bond acceptors (Lipinski definition) is 4. The molecule has 6 heteroatoms. The number of ether oxygens (including phenoxy) is 1. The molecule has 0 N–H and O–H groups in total. The SMILES string of the molecule is CC(=O)c1ccc(N2CCN(C(=O)CCOc3ccc(C)cc3)CC2)c(F)c1. The van der Waals surface area contributed by atoms with E-state index in [1.807, 2.05) is 36.1 Å². The average Bonchev–Trinajstić information content (AvgIpc) is 2.69. The minimum Gasteiger partial charge on any atom is -0.493 e. The third-order valence-corrected chi connectivity index (χ3v) is 4.93. The Kier molecular flexibility index (Phi) is 6.29.